The summed E-state index contributed by atoms with van der Waals surface area (Å²) in [7, 11) is 1.82. The summed E-state index contributed by atoms with van der Waals surface area (Å²) in [5.41, 5.74) is 6.47. The molecule has 2 atom stereocenters. The molecule has 0 aromatic heterocycles. The highest BCUT2D eigenvalue weighted by atomic mass is 16.5. The lowest BCUT2D eigenvalue weighted by Crippen LogP contribution is -2.58. The predicted molar refractivity (Wildman–Crippen MR) is 75.6 cm³/mol. The first-order valence-corrected chi connectivity index (χ1v) is 7.64. The third-order valence-electron chi connectivity index (χ3n) is 5.14. The molecule has 2 unspecified atom stereocenters. The highest BCUT2D eigenvalue weighted by Crippen LogP contribution is 2.38. The number of ether oxygens (including phenoxy) is 1. The first-order valence-electron chi connectivity index (χ1n) is 7.64. The maximum absolute atomic E-state index is 6.16. The van der Waals surface area contributed by atoms with Crippen LogP contribution >= 0.6 is 0 Å². The van der Waals surface area contributed by atoms with E-state index in [9.17, 15) is 0 Å². The normalized spacial score (nSPS) is 35.8. The van der Waals surface area contributed by atoms with Crippen LogP contribution in [-0.2, 0) is 4.74 Å². The van der Waals surface area contributed by atoms with E-state index in [-0.39, 0.29) is 0 Å². The fraction of sp³-hybridized carbons (Fsp3) is 1.00. The minimum absolute atomic E-state index is 0.315. The van der Waals surface area contributed by atoms with Gasteiger partial charge in [-0.2, -0.15) is 0 Å². The predicted octanol–water partition coefficient (Wildman–Crippen LogP) is 2.25. The van der Waals surface area contributed by atoms with E-state index in [0.29, 0.717) is 5.54 Å². The van der Waals surface area contributed by atoms with Crippen LogP contribution in [-0.4, -0.2) is 43.8 Å². The molecule has 106 valence electrons. The molecule has 0 bridgehead atoms. The van der Waals surface area contributed by atoms with Gasteiger partial charge >= 0.3 is 0 Å². The van der Waals surface area contributed by atoms with Crippen LogP contribution < -0.4 is 5.73 Å². The largest absolute Gasteiger partial charge is 0.384 e. The summed E-state index contributed by atoms with van der Waals surface area (Å²) in [6, 6.07) is 0. The molecule has 1 aliphatic heterocycles. The average molecular weight is 254 g/mol. The summed E-state index contributed by atoms with van der Waals surface area (Å²) in [4.78, 5) is 2.70. The summed E-state index contributed by atoms with van der Waals surface area (Å²) < 4.78 is 5.29. The van der Waals surface area contributed by atoms with E-state index in [2.05, 4.69) is 11.8 Å². The maximum atomic E-state index is 6.16. The monoisotopic (exact) mass is 254 g/mol. The number of nitrogens with zero attached hydrogens (tertiary/aromatic N) is 1. The molecule has 1 saturated carbocycles. The van der Waals surface area contributed by atoms with Crippen molar-refractivity contribution in [1.29, 1.82) is 0 Å². The average Bonchev–Trinajstić information content (AvgIpc) is 2.40. The number of hydrogen-bond donors (Lipinski definition) is 1. The van der Waals surface area contributed by atoms with Gasteiger partial charge in [-0.25, -0.2) is 0 Å². The number of rotatable bonds is 4. The molecule has 0 amide bonds. The third-order valence-corrected chi connectivity index (χ3v) is 5.14. The second-order valence-electron chi connectivity index (χ2n) is 6.52. The van der Waals surface area contributed by atoms with Crippen LogP contribution in [0.5, 0.6) is 0 Å². The molecule has 2 fully saturated rings. The van der Waals surface area contributed by atoms with Gasteiger partial charge in [-0.15, -0.1) is 0 Å². The highest BCUT2D eigenvalue weighted by molar-refractivity contribution is 4.97. The standard InChI is InChI=1S/C15H30N2O/c1-13-4-3-7-15(10-13,12-16)17-8-5-14(6-9-17)11-18-2/h13-14H,3-12,16H2,1-2H3. The van der Waals surface area contributed by atoms with E-state index in [1.165, 1.54) is 51.6 Å². The zero-order chi connectivity index (χ0) is 13.0. The first-order chi connectivity index (χ1) is 8.70. The minimum Gasteiger partial charge on any atom is -0.384 e. The molecule has 2 aliphatic rings. The lowest BCUT2D eigenvalue weighted by atomic mass is 9.74. The highest BCUT2D eigenvalue weighted by Gasteiger charge is 2.40. The zero-order valence-electron chi connectivity index (χ0n) is 12.2. The molecule has 0 radical (unpaired) electrons. The molecular weight excluding hydrogens is 224 g/mol. The summed E-state index contributed by atoms with van der Waals surface area (Å²) in [5.74, 6) is 1.61. The van der Waals surface area contributed by atoms with Gasteiger partial charge in [0.1, 0.15) is 0 Å². The summed E-state index contributed by atoms with van der Waals surface area (Å²) in [6.07, 6.45) is 7.92. The summed E-state index contributed by atoms with van der Waals surface area (Å²) >= 11 is 0. The van der Waals surface area contributed by atoms with E-state index in [0.717, 1.165) is 25.0 Å². The Bertz CT molecular complexity index is 251. The summed E-state index contributed by atoms with van der Waals surface area (Å²) in [5, 5.41) is 0. The van der Waals surface area contributed by atoms with Crippen LogP contribution in [0.3, 0.4) is 0 Å². The van der Waals surface area contributed by atoms with Gasteiger partial charge in [0.2, 0.25) is 0 Å². The van der Waals surface area contributed by atoms with Crippen LogP contribution in [0, 0.1) is 11.8 Å². The number of hydrogen-bond acceptors (Lipinski definition) is 3. The topological polar surface area (TPSA) is 38.5 Å². The lowest BCUT2D eigenvalue weighted by molar-refractivity contribution is 0.00144. The maximum Gasteiger partial charge on any atom is 0.0491 e. The van der Waals surface area contributed by atoms with Crippen molar-refractivity contribution in [3.63, 3.8) is 0 Å². The van der Waals surface area contributed by atoms with E-state index < -0.39 is 0 Å². The van der Waals surface area contributed by atoms with E-state index in [1.807, 2.05) is 7.11 Å². The Morgan fingerprint density at radius 2 is 2.00 bits per heavy atom. The quantitative estimate of drug-likeness (QED) is 0.836. The smallest absolute Gasteiger partial charge is 0.0491 e. The summed E-state index contributed by atoms with van der Waals surface area (Å²) in [6.45, 7) is 6.60. The van der Waals surface area contributed by atoms with Crippen molar-refractivity contribution < 1.29 is 4.74 Å². The zero-order valence-corrected chi connectivity index (χ0v) is 12.2. The molecule has 1 aliphatic carbocycles. The van der Waals surface area contributed by atoms with Gasteiger partial charge in [-0.05, 0) is 50.6 Å². The number of piperidine rings is 1. The van der Waals surface area contributed by atoms with Gasteiger partial charge in [0.15, 0.2) is 0 Å². The molecule has 18 heavy (non-hydrogen) atoms. The number of nitrogens with two attached hydrogens (primary N) is 1. The van der Waals surface area contributed by atoms with E-state index >= 15 is 0 Å². The first kappa shape index (κ1) is 14.3. The molecule has 3 nitrogen and oxygen atoms in total. The molecule has 0 aromatic carbocycles. The van der Waals surface area contributed by atoms with Crippen molar-refractivity contribution in [3.05, 3.63) is 0 Å². The Balaban J connectivity index is 1.93. The Kier molecular flexibility index (Phi) is 5.05. The van der Waals surface area contributed by atoms with Gasteiger partial charge in [0.25, 0.3) is 0 Å². The Hall–Kier alpha value is -0.120. The molecule has 1 heterocycles. The van der Waals surface area contributed by atoms with E-state index in [4.69, 9.17) is 10.5 Å². The van der Waals surface area contributed by atoms with Crippen molar-refractivity contribution >= 4 is 0 Å². The van der Waals surface area contributed by atoms with Crippen molar-refractivity contribution in [2.45, 2.75) is 51.0 Å². The van der Waals surface area contributed by atoms with Crippen molar-refractivity contribution in [2.75, 3.05) is 33.4 Å². The Morgan fingerprint density at radius 3 is 2.56 bits per heavy atom. The number of methoxy groups -OCH3 is 1. The molecule has 0 aromatic rings. The van der Waals surface area contributed by atoms with Crippen molar-refractivity contribution in [3.8, 4) is 0 Å². The number of likely N-dealkylation sites (tertiary alicyclic amines) is 1. The SMILES string of the molecule is COCC1CCN(C2(CN)CCCC(C)C2)CC1. The molecule has 3 heteroatoms. The van der Waals surface area contributed by atoms with Crippen LogP contribution in [0.15, 0.2) is 0 Å². The Labute approximate surface area is 112 Å². The third kappa shape index (κ3) is 3.06. The van der Waals surface area contributed by atoms with Crippen LogP contribution in [0.25, 0.3) is 0 Å². The van der Waals surface area contributed by atoms with Crippen LogP contribution in [0.2, 0.25) is 0 Å². The van der Waals surface area contributed by atoms with Crippen molar-refractivity contribution in [1.82, 2.24) is 4.90 Å². The molecule has 1 saturated heterocycles. The fourth-order valence-electron chi connectivity index (χ4n) is 4.04. The molecule has 0 spiro atoms. The second-order valence-corrected chi connectivity index (χ2v) is 6.52. The molecule has 2 rings (SSSR count). The molecular formula is C15H30N2O. The van der Waals surface area contributed by atoms with Gasteiger partial charge in [-0.1, -0.05) is 19.8 Å². The van der Waals surface area contributed by atoms with Gasteiger partial charge in [0, 0.05) is 25.8 Å². The lowest BCUT2D eigenvalue weighted by Gasteiger charge is -2.50. The van der Waals surface area contributed by atoms with Gasteiger partial charge in [0.05, 0.1) is 0 Å². The molecule has 2 N–H and O–H groups in total. The van der Waals surface area contributed by atoms with Gasteiger partial charge < -0.3 is 10.5 Å². The van der Waals surface area contributed by atoms with Crippen LogP contribution in [0.4, 0.5) is 0 Å². The van der Waals surface area contributed by atoms with Crippen molar-refractivity contribution in [2.24, 2.45) is 17.6 Å². The van der Waals surface area contributed by atoms with Crippen LogP contribution in [0.1, 0.15) is 45.4 Å². The van der Waals surface area contributed by atoms with Gasteiger partial charge in [-0.3, -0.25) is 4.90 Å². The van der Waals surface area contributed by atoms with E-state index in [1.54, 1.807) is 0 Å². The minimum atomic E-state index is 0.315. The Morgan fingerprint density at radius 1 is 1.28 bits per heavy atom. The fourth-order valence-corrected chi connectivity index (χ4v) is 4.04. The second kappa shape index (κ2) is 6.36.